The van der Waals surface area contributed by atoms with E-state index >= 15 is 0 Å². The van der Waals surface area contributed by atoms with Crippen molar-refractivity contribution in [3.63, 3.8) is 0 Å². The van der Waals surface area contributed by atoms with Gasteiger partial charge in [-0.25, -0.2) is 0 Å². The van der Waals surface area contributed by atoms with Crippen LogP contribution in [0.5, 0.6) is 5.75 Å². The number of hydrogen-bond acceptors (Lipinski definition) is 5. The lowest BCUT2D eigenvalue weighted by Crippen LogP contribution is -2.47. The molecule has 0 aliphatic carbocycles. The third-order valence-electron chi connectivity index (χ3n) is 3.19. The zero-order chi connectivity index (χ0) is 19.3. The van der Waals surface area contributed by atoms with Crippen molar-refractivity contribution in [3.05, 3.63) is 67.6 Å². The van der Waals surface area contributed by atoms with Crippen molar-refractivity contribution < 1.29 is 19.2 Å². The summed E-state index contributed by atoms with van der Waals surface area (Å²) in [6.45, 7) is 1.50. The van der Waals surface area contributed by atoms with Crippen LogP contribution in [0.4, 0.5) is 5.69 Å². The fourth-order valence-electron chi connectivity index (χ4n) is 1.87. The molecule has 0 aromatic heterocycles. The summed E-state index contributed by atoms with van der Waals surface area (Å²) in [7, 11) is 0. The van der Waals surface area contributed by atoms with Crippen LogP contribution in [0.1, 0.15) is 17.3 Å². The van der Waals surface area contributed by atoms with E-state index in [0.29, 0.717) is 15.2 Å². The average Bonchev–Trinajstić information content (AvgIpc) is 2.61. The number of nitro benzene ring substituents is 1. The number of carbonyl (C=O) groups is 2. The van der Waals surface area contributed by atoms with Crippen LogP contribution in [0, 0.1) is 10.1 Å². The van der Waals surface area contributed by atoms with Gasteiger partial charge in [-0.1, -0.05) is 17.7 Å². The third-order valence-corrected chi connectivity index (χ3v) is 4.04. The Morgan fingerprint density at radius 2 is 1.96 bits per heavy atom. The molecule has 2 rings (SSSR count). The van der Waals surface area contributed by atoms with Gasteiger partial charge in [0.15, 0.2) is 6.10 Å². The second kappa shape index (κ2) is 8.63. The number of amides is 2. The van der Waals surface area contributed by atoms with Crippen LogP contribution in [-0.2, 0) is 4.79 Å². The number of nitrogens with one attached hydrogen (secondary N) is 2. The Morgan fingerprint density at radius 3 is 2.62 bits per heavy atom. The molecular weight excluding hydrogens is 430 g/mol. The van der Waals surface area contributed by atoms with Crippen molar-refractivity contribution in [1.82, 2.24) is 10.9 Å². The first-order valence-corrected chi connectivity index (χ1v) is 8.41. The highest BCUT2D eigenvalue weighted by Gasteiger charge is 2.18. The van der Waals surface area contributed by atoms with Crippen molar-refractivity contribution in [2.45, 2.75) is 13.0 Å². The highest BCUT2D eigenvalue weighted by molar-refractivity contribution is 9.10. The van der Waals surface area contributed by atoms with Crippen molar-refractivity contribution in [2.75, 3.05) is 0 Å². The standard InChI is InChI=1S/C16H13BrClN3O5/c1-9(26-14-6-5-11(18)8-13(14)17)15(22)19-20-16(23)10-3-2-4-12(7-10)21(24)25/h2-9H,1H3,(H,19,22)(H,20,23)/t9-/m1/s1. The highest BCUT2D eigenvalue weighted by Crippen LogP contribution is 2.28. The molecule has 1 atom stereocenters. The number of ether oxygens (including phenoxy) is 1. The van der Waals surface area contributed by atoms with Gasteiger partial charge in [0.25, 0.3) is 17.5 Å². The van der Waals surface area contributed by atoms with Crippen molar-refractivity contribution in [2.24, 2.45) is 0 Å². The van der Waals surface area contributed by atoms with E-state index in [2.05, 4.69) is 26.8 Å². The van der Waals surface area contributed by atoms with E-state index in [1.54, 1.807) is 18.2 Å². The van der Waals surface area contributed by atoms with Gasteiger partial charge >= 0.3 is 0 Å². The van der Waals surface area contributed by atoms with E-state index in [9.17, 15) is 19.7 Å². The molecule has 26 heavy (non-hydrogen) atoms. The normalized spacial score (nSPS) is 11.3. The van der Waals surface area contributed by atoms with E-state index in [1.807, 2.05) is 0 Å². The second-order valence-electron chi connectivity index (χ2n) is 5.09. The van der Waals surface area contributed by atoms with Crippen LogP contribution in [0.15, 0.2) is 46.9 Å². The number of hydrazine groups is 1. The van der Waals surface area contributed by atoms with Crippen LogP contribution in [0.3, 0.4) is 0 Å². The molecule has 0 radical (unpaired) electrons. The Kier molecular flexibility index (Phi) is 6.53. The van der Waals surface area contributed by atoms with Gasteiger partial charge in [-0.3, -0.25) is 30.6 Å². The van der Waals surface area contributed by atoms with Crippen LogP contribution in [0.2, 0.25) is 5.02 Å². The fraction of sp³-hybridized carbons (Fsp3) is 0.125. The lowest BCUT2D eigenvalue weighted by atomic mass is 10.2. The summed E-state index contributed by atoms with van der Waals surface area (Å²) in [5.74, 6) is -0.894. The Balaban J connectivity index is 1.94. The maximum absolute atomic E-state index is 12.0. The lowest BCUT2D eigenvalue weighted by molar-refractivity contribution is -0.384. The van der Waals surface area contributed by atoms with Crippen molar-refractivity contribution in [3.8, 4) is 5.75 Å². The Bertz CT molecular complexity index is 862. The molecule has 0 spiro atoms. The Hall–Kier alpha value is -2.65. The summed E-state index contributed by atoms with van der Waals surface area (Å²) in [4.78, 5) is 34.1. The van der Waals surface area contributed by atoms with Gasteiger partial charge in [-0.15, -0.1) is 0 Å². The van der Waals surface area contributed by atoms with Gasteiger partial charge in [0.2, 0.25) is 0 Å². The molecule has 0 saturated heterocycles. The number of non-ortho nitro benzene ring substituents is 1. The van der Waals surface area contributed by atoms with Gasteiger partial charge in [0.05, 0.1) is 9.40 Å². The molecule has 0 aliphatic rings. The Morgan fingerprint density at radius 1 is 1.23 bits per heavy atom. The quantitative estimate of drug-likeness (QED) is 0.545. The first kappa shape index (κ1) is 19.7. The van der Waals surface area contributed by atoms with E-state index in [1.165, 1.54) is 25.1 Å². The lowest BCUT2D eigenvalue weighted by Gasteiger charge is -2.16. The zero-order valence-corrected chi connectivity index (χ0v) is 15.7. The summed E-state index contributed by atoms with van der Waals surface area (Å²) in [5, 5.41) is 11.2. The molecule has 2 amide bonds. The molecule has 0 unspecified atom stereocenters. The molecule has 2 aromatic rings. The minimum Gasteiger partial charge on any atom is -0.480 e. The molecule has 136 valence electrons. The number of carbonyl (C=O) groups excluding carboxylic acids is 2. The predicted octanol–water partition coefficient (Wildman–Crippen LogP) is 3.24. The minimum atomic E-state index is -0.919. The zero-order valence-electron chi connectivity index (χ0n) is 13.4. The van der Waals surface area contributed by atoms with Gasteiger partial charge < -0.3 is 4.74 Å². The van der Waals surface area contributed by atoms with Gasteiger partial charge in [0, 0.05) is 22.7 Å². The summed E-state index contributed by atoms with van der Waals surface area (Å²) >= 11 is 9.11. The molecular formula is C16H13BrClN3O5. The maximum Gasteiger partial charge on any atom is 0.279 e. The summed E-state index contributed by atoms with van der Waals surface area (Å²) in [5.41, 5.74) is 4.19. The number of hydrogen-bond donors (Lipinski definition) is 2. The molecule has 2 N–H and O–H groups in total. The number of nitrogens with zero attached hydrogens (tertiary/aromatic N) is 1. The SMILES string of the molecule is C[C@@H](Oc1ccc(Cl)cc1Br)C(=O)NNC(=O)c1cccc([N+](=O)[O-])c1. The number of nitro groups is 1. The fourth-order valence-corrected chi connectivity index (χ4v) is 2.64. The molecule has 0 heterocycles. The molecule has 0 aliphatic heterocycles. The van der Waals surface area contributed by atoms with Gasteiger partial charge in [-0.05, 0) is 47.1 Å². The Labute approximate surface area is 161 Å². The van der Waals surface area contributed by atoms with Crippen LogP contribution in [-0.4, -0.2) is 22.8 Å². The van der Waals surface area contributed by atoms with E-state index in [4.69, 9.17) is 16.3 Å². The van der Waals surface area contributed by atoms with Crippen LogP contribution < -0.4 is 15.6 Å². The monoisotopic (exact) mass is 441 g/mol. The highest BCUT2D eigenvalue weighted by atomic mass is 79.9. The number of benzene rings is 2. The van der Waals surface area contributed by atoms with Crippen molar-refractivity contribution in [1.29, 1.82) is 0 Å². The van der Waals surface area contributed by atoms with Crippen LogP contribution in [0.25, 0.3) is 0 Å². The number of halogens is 2. The van der Waals surface area contributed by atoms with E-state index < -0.39 is 22.8 Å². The first-order valence-electron chi connectivity index (χ1n) is 7.24. The predicted molar refractivity (Wildman–Crippen MR) is 97.9 cm³/mol. The first-order chi connectivity index (χ1) is 12.3. The van der Waals surface area contributed by atoms with Crippen LogP contribution >= 0.6 is 27.5 Å². The smallest absolute Gasteiger partial charge is 0.279 e. The largest absolute Gasteiger partial charge is 0.480 e. The van der Waals surface area contributed by atoms with E-state index in [0.717, 1.165) is 6.07 Å². The molecule has 0 saturated carbocycles. The summed E-state index contributed by atoms with van der Waals surface area (Å²) in [6.07, 6.45) is -0.919. The summed E-state index contributed by atoms with van der Waals surface area (Å²) < 4.78 is 6.07. The number of rotatable bonds is 5. The molecule has 8 nitrogen and oxygen atoms in total. The third kappa shape index (κ3) is 5.17. The molecule has 0 fully saturated rings. The minimum absolute atomic E-state index is 0.0357. The topological polar surface area (TPSA) is 111 Å². The van der Waals surface area contributed by atoms with Gasteiger partial charge in [0.1, 0.15) is 5.75 Å². The second-order valence-corrected chi connectivity index (χ2v) is 6.38. The molecule has 0 bridgehead atoms. The molecule has 10 heteroatoms. The van der Waals surface area contributed by atoms with E-state index in [-0.39, 0.29) is 11.3 Å². The summed E-state index contributed by atoms with van der Waals surface area (Å²) in [6, 6.07) is 9.94. The molecule has 2 aromatic carbocycles. The average molecular weight is 443 g/mol. The van der Waals surface area contributed by atoms with Gasteiger partial charge in [-0.2, -0.15) is 0 Å². The van der Waals surface area contributed by atoms with Crippen molar-refractivity contribution >= 4 is 45.0 Å². The maximum atomic E-state index is 12.0.